The lowest BCUT2D eigenvalue weighted by atomic mass is 9.99. The number of aryl methyl sites for hydroxylation is 1. The molecule has 7 nitrogen and oxygen atoms in total. The number of nitrogens with one attached hydrogen (secondary N) is 1. The summed E-state index contributed by atoms with van der Waals surface area (Å²) in [5.41, 5.74) is 5.25. The third kappa shape index (κ3) is 4.09. The lowest BCUT2D eigenvalue weighted by Crippen LogP contribution is -2.44. The number of hydrogen-bond acceptors (Lipinski definition) is 7. The Morgan fingerprint density at radius 3 is 2.47 bits per heavy atom. The molecule has 4 heterocycles. The van der Waals surface area contributed by atoms with Crippen molar-refractivity contribution in [3.05, 3.63) is 78.5 Å². The van der Waals surface area contributed by atoms with Crippen LogP contribution in [0.5, 0.6) is 0 Å². The van der Waals surface area contributed by atoms with E-state index in [4.69, 9.17) is 9.97 Å². The molecule has 8 heteroatoms. The Hall–Kier alpha value is -4.17. The van der Waals surface area contributed by atoms with E-state index in [9.17, 15) is 4.39 Å². The summed E-state index contributed by atoms with van der Waals surface area (Å²) in [6.07, 6.45) is 5.12. The zero-order chi connectivity index (χ0) is 24.6. The van der Waals surface area contributed by atoms with Crippen molar-refractivity contribution in [3.63, 3.8) is 0 Å². The fourth-order valence-electron chi connectivity index (χ4n) is 4.76. The van der Waals surface area contributed by atoms with Gasteiger partial charge in [-0.05, 0) is 55.9 Å². The van der Waals surface area contributed by atoms with Gasteiger partial charge in [0.2, 0.25) is 5.95 Å². The Morgan fingerprint density at radius 2 is 1.69 bits per heavy atom. The number of aromatic nitrogens is 4. The number of piperazine rings is 1. The largest absolute Gasteiger partial charge is 0.369 e. The number of benzene rings is 2. The Kier molecular flexibility index (Phi) is 5.65. The van der Waals surface area contributed by atoms with Crippen molar-refractivity contribution >= 4 is 39.1 Å². The van der Waals surface area contributed by atoms with Crippen LogP contribution in [0, 0.1) is 12.7 Å². The molecule has 1 aliphatic heterocycles. The second-order valence-electron chi connectivity index (χ2n) is 9.20. The van der Waals surface area contributed by atoms with Gasteiger partial charge >= 0.3 is 0 Å². The number of rotatable bonds is 4. The number of halogens is 1. The summed E-state index contributed by atoms with van der Waals surface area (Å²) in [6, 6.07) is 15.2. The summed E-state index contributed by atoms with van der Waals surface area (Å²) in [7, 11) is 2.16. The molecule has 0 spiro atoms. The second kappa shape index (κ2) is 9.13. The lowest BCUT2D eigenvalue weighted by molar-refractivity contribution is 0.313. The van der Waals surface area contributed by atoms with Gasteiger partial charge in [-0.3, -0.25) is 4.98 Å². The van der Waals surface area contributed by atoms with Gasteiger partial charge in [0.1, 0.15) is 16.9 Å². The molecule has 3 aromatic heterocycles. The molecule has 180 valence electrons. The molecule has 1 saturated heterocycles. The molecule has 36 heavy (non-hydrogen) atoms. The van der Waals surface area contributed by atoms with Gasteiger partial charge in [-0.2, -0.15) is 0 Å². The normalized spacial score (nSPS) is 14.5. The molecule has 0 atom stereocenters. The maximum Gasteiger partial charge on any atom is 0.227 e. The van der Waals surface area contributed by atoms with E-state index in [2.05, 4.69) is 44.3 Å². The highest BCUT2D eigenvalue weighted by atomic mass is 19.1. The molecular weight excluding hydrogens is 453 g/mol. The summed E-state index contributed by atoms with van der Waals surface area (Å²) in [6.45, 7) is 6.08. The van der Waals surface area contributed by atoms with Crippen molar-refractivity contribution in [2.75, 3.05) is 43.4 Å². The molecule has 5 aromatic rings. The zero-order valence-electron chi connectivity index (χ0n) is 20.2. The molecule has 2 aromatic carbocycles. The molecule has 1 aliphatic rings. The first-order valence-electron chi connectivity index (χ1n) is 12.0. The van der Waals surface area contributed by atoms with Gasteiger partial charge in [-0.1, -0.05) is 12.1 Å². The predicted molar refractivity (Wildman–Crippen MR) is 142 cm³/mol. The summed E-state index contributed by atoms with van der Waals surface area (Å²) >= 11 is 0. The van der Waals surface area contributed by atoms with E-state index in [-0.39, 0.29) is 5.82 Å². The molecule has 0 amide bonds. The molecule has 6 rings (SSSR count). The van der Waals surface area contributed by atoms with Gasteiger partial charge in [-0.15, -0.1) is 0 Å². The van der Waals surface area contributed by atoms with Crippen LogP contribution in [0.3, 0.4) is 0 Å². The number of hydrogen-bond donors (Lipinski definition) is 1. The number of pyridine rings is 2. The maximum absolute atomic E-state index is 14.8. The van der Waals surface area contributed by atoms with Gasteiger partial charge in [-0.25, -0.2) is 19.3 Å². The molecular formula is C28H26FN7. The number of anilines is 3. The second-order valence-corrected chi connectivity index (χ2v) is 9.20. The van der Waals surface area contributed by atoms with Crippen molar-refractivity contribution in [1.29, 1.82) is 0 Å². The summed E-state index contributed by atoms with van der Waals surface area (Å²) in [4.78, 5) is 23.1. The van der Waals surface area contributed by atoms with E-state index < -0.39 is 0 Å². The molecule has 0 saturated carbocycles. The van der Waals surface area contributed by atoms with Crippen molar-refractivity contribution < 1.29 is 4.39 Å². The van der Waals surface area contributed by atoms with Crippen LogP contribution >= 0.6 is 0 Å². The SMILES string of the molecule is Cc1cccc(F)c1-c1nc2cnc(Nc3ccc(N4CCN(C)CC4)cc3)nc2c2cnccc12. The quantitative estimate of drug-likeness (QED) is 0.356. The first-order valence-corrected chi connectivity index (χ1v) is 12.0. The molecule has 1 fully saturated rings. The van der Waals surface area contributed by atoms with Crippen molar-refractivity contribution in [2.24, 2.45) is 0 Å². The fourth-order valence-corrected chi connectivity index (χ4v) is 4.76. The van der Waals surface area contributed by atoms with Crippen molar-refractivity contribution in [1.82, 2.24) is 24.8 Å². The van der Waals surface area contributed by atoms with Crippen LogP contribution in [0.4, 0.5) is 21.7 Å². The van der Waals surface area contributed by atoms with E-state index in [0.29, 0.717) is 28.2 Å². The summed E-state index contributed by atoms with van der Waals surface area (Å²) in [5.74, 6) is 0.163. The van der Waals surface area contributed by atoms with Crippen LogP contribution in [0.1, 0.15) is 5.56 Å². The van der Waals surface area contributed by atoms with Crippen LogP contribution in [0.2, 0.25) is 0 Å². The standard InChI is InChI=1S/C28H26FN7/c1-18-4-3-5-23(29)25(18)27-21-10-11-30-16-22(21)26-24(33-27)17-31-28(34-26)32-19-6-8-20(9-7-19)36-14-12-35(2)13-15-36/h3-11,16-17H,12-15H2,1-2H3,(H,31,32,34). The smallest absolute Gasteiger partial charge is 0.227 e. The fraction of sp³-hybridized carbons (Fsp3) is 0.214. The Labute approximate surface area is 208 Å². The average molecular weight is 480 g/mol. The molecule has 0 aliphatic carbocycles. The Balaban J connectivity index is 1.35. The highest BCUT2D eigenvalue weighted by molar-refractivity contribution is 6.09. The third-order valence-electron chi connectivity index (χ3n) is 6.78. The zero-order valence-corrected chi connectivity index (χ0v) is 20.2. The van der Waals surface area contributed by atoms with E-state index in [1.165, 1.54) is 11.8 Å². The van der Waals surface area contributed by atoms with E-state index in [1.54, 1.807) is 24.7 Å². The Morgan fingerprint density at radius 1 is 0.889 bits per heavy atom. The summed E-state index contributed by atoms with van der Waals surface area (Å²) < 4.78 is 14.8. The average Bonchev–Trinajstić information content (AvgIpc) is 2.90. The van der Waals surface area contributed by atoms with Crippen LogP contribution < -0.4 is 10.2 Å². The topological polar surface area (TPSA) is 70.1 Å². The van der Waals surface area contributed by atoms with E-state index >= 15 is 0 Å². The maximum atomic E-state index is 14.8. The van der Waals surface area contributed by atoms with Crippen molar-refractivity contribution in [2.45, 2.75) is 6.92 Å². The summed E-state index contributed by atoms with van der Waals surface area (Å²) in [5, 5.41) is 4.91. The first kappa shape index (κ1) is 22.3. The molecule has 1 N–H and O–H groups in total. The van der Waals surface area contributed by atoms with E-state index in [0.717, 1.165) is 48.2 Å². The van der Waals surface area contributed by atoms with E-state index in [1.807, 2.05) is 31.2 Å². The number of nitrogens with zero attached hydrogens (tertiary/aromatic N) is 6. The third-order valence-corrected chi connectivity index (χ3v) is 6.78. The monoisotopic (exact) mass is 479 g/mol. The highest BCUT2D eigenvalue weighted by Gasteiger charge is 2.17. The van der Waals surface area contributed by atoms with Gasteiger partial charge < -0.3 is 15.1 Å². The molecule has 0 unspecified atom stereocenters. The lowest BCUT2D eigenvalue weighted by Gasteiger charge is -2.34. The van der Waals surface area contributed by atoms with Crippen LogP contribution in [0.25, 0.3) is 33.1 Å². The predicted octanol–water partition coefficient (Wildman–Crippen LogP) is 5.18. The number of likely N-dealkylation sites (N-methyl/N-ethyl adjacent to an activating group) is 1. The molecule has 0 bridgehead atoms. The van der Waals surface area contributed by atoms with Crippen molar-refractivity contribution in [3.8, 4) is 11.3 Å². The minimum atomic E-state index is -0.306. The minimum Gasteiger partial charge on any atom is -0.369 e. The van der Waals surface area contributed by atoms with Gasteiger partial charge in [0, 0.05) is 66.3 Å². The molecule has 0 radical (unpaired) electrons. The highest BCUT2D eigenvalue weighted by Crippen LogP contribution is 2.34. The van der Waals surface area contributed by atoms with Gasteiger partial charge in [0.25, 0.3) is 0 Å². The number of fused-ring (bicyclic) bond motifs is 3. The Bertz CT molecular complexity index is 1540. The van der Waals surface area contributed by atoms with Crippen LogP contribution in [0.15, 0.2) is 67.1 Å². The van der Waals surface area contributed by atoms with Crippen LogP contribution in [-0.4, -0.2) is 58.1 Å². The van der Waals surface area contributed by atoms with Gasteiger partial charge in [0.15, 0.2) is 0 Å². The first-order chi connectivity index (χ1) is 17.6. The van der Waals surface area contributed by atoms with Gasteiger partial charge in [0.05, 0.1) is 11.9 Å². The minimum absolute atomic E-state index is 0.306. The van der Waals surface area contributed by atoms with Crippen LogP contribution in [-0.2, 0) is 0 Å².